The Morgan fingerprint density at radius 2 is 1.16 bits per heavy atom. The maximum atomic E-state index is 2.53. The van der Waals surface area contributed by atoms with Crippen LogP contribution in [0, 0.1) is 0 Å². The summed E-state index contributed by atoms with van der Waals surface area (Å²) in [5.41, 5.74) is 1.40. The van der Waals surface area contributed by atoms with E-state index in [1.807, 2.05) is 0 Å². The highest BCUT2D eigenvalue weighted by molar-refractivity contribution is 5.15. The first-order chi connectivity index (χ1) is 15.8. The molecule has 0 spiro atoms. The third-order valence-electron chi connectivity index (χ3n) is 6.79. The molecule has 0 atom stereocenters. The number of hydrogen-bond acceptors (Lipinski definition) is 0. The fraction of sp³-hybridized carbons (Fsp3) is 0.700. The molecule has 32 heavy (non-hydrogen) atoms. The van der Waals surface area contributed by atoms with Crippen molar-refractivity contribution in [2.45, 2.75) is 136 Å². The normalized spacial score (nSPS) is 11.3. The van der Waals surface area contributed by atoms with Gasteiger partial charge in [-0.3, -0.25) is 0 Å². The smallest absolute Gasteiger partial charge is 0.234 e. The van der Waals surface area contributed by atoms with Crippen molar-refractivity contribution in [3.8, 4) is 0 Å². The molecule has 0 aliphatic heterocycles. The van der Waals surface area contributed by atoms with Gasteiger partial charge in [-0.25, -0.2) is 9.13 Å². The summed E-state index contributed by atoms with van der Waals surface area (Å²) in [5.74, 6) is 1.52. The molecule has 2 rings (SSSR count). The quantitative estimate of drug-likeness (QED) is 0.144. The molecule has 0 aliphatic rings. The van der Waals surface area contributed by atoms with Gasteiger partial charge in [0.25, 0.3) is 5.82 Å². The minimum absolute atomic E-state index is 0.995. The van der Waals surface area contributed by atoms with Crippen molar-refractivity contribution >= 4 is 0 Å². The van der Waals surface area contributed by atoms with Gasteiger partial charge in [-0.1, -0.05) is 128 Å². The molecule has 1 heterocycles. The van der Waals surface area contributed by atoms with Crippen LogP contribution in [0.15, 0.2) is 42.7 Å². The predicted molar refractivity (Wildman–Crippen MR) is 139 cm³/mol. The van der Waals surface area contributed by atoms with E-state index in [1.54, 1.807) is 0 Å². The van der Waals surface area contributed by atoms with Crippen molar-refractivity contribution in [1.29, 1.82) is 0 Å². The Balaban J connectivity index is 1.65. The molecule has 0 fully saturated rings. The van der Waals surface area contributed by atoms with E-state index >= 15 is 0 Å². The van der Waals surface area contributed by atoms with Crippen molar-refractivity contribution in [1.82, 2.24) is 4.57 Å². The Hall–Kier alpha value is -1.57. The van der Waals surface area contributed by atoms with E-state index in [1.165, 1.54) is 127 Å². The van der Waals surface area contributed by atoms with E-state index in [4.69, 9.17) is 0 Å². The second kappa shape index (κ2) is 17.9. The molecule has 0 saturated heterocycles. The van der Waals surface area contributed by atoms with Crippen LogP contribution in [0.4, 0.5) is 0 Å². The van der Waals surface area contributed by atoms with Crippen LogP contribution in [0.5, 0.6) is 0 Å². The minimum atomic E-state index is 0.995. The molecule has 2 aromatic rings. The molecule has 0 N–H and O–H groups in total. The standard InChI is InChI=1S/C30H51N2/c1-3-5-7-8-9-10-11-12-13-14-15-16-20-24-30-31(25-21-6-4-2)26-27-32(30)28-29-22-18-17-19-23-29/h17-19,22-23,26-27H,3-16,20-21,24-25,28H2,1-2H3/q+1. The summed E-state index contributed by atoms with van der Waals surface area (Å²) in [6, 6.07) is 10.9. The first-order valence-corrected chi connectivity index (χ1v) is 14.0. The zero-order valence-corrected chi connectivity index (χ0v) is 21.4. The molecular weight excluding hydrogens is 388 g/mol. The average Bonchev–Trinajstić information content (AvgIpc) is 3.19. The lowest BCUT2D eigenvalue weighted by Crippen LogP contribution is -2.37. The lowest BCUT2D eigenvalue weighted by Gasteiger charge is -2.07. The maximum Gasteiger partial charge on any atom is 0.256 e. The van der Waals surface area contributed by atoms with Crippen molar-refractivity contribution in [3.05, 3.63) is 54.1 Å². The zero-order chi connectivity index (χ0) is 22.7. The van der Waals surface area contributed by atoms with Gasteiger partial charge in [-0.05, 0) is 24.8 Å². The van der Waals surface area contributed by atoms with Gasteiger partial charge >= 0.3 is 0 Å². The number of unbranched alkanes of at least 4 members (excludes halogenated alkanes) is 14. The molecule has 1 aromatic heterocycles. The molecule has 0 amide bonds. The van der Waals surface area contributed by atoms with Gasteiger partial charge in [-0.2, -0.15) is 0 Å². The van der Waals surface area contributed by atoms with E-state index < -0.39 is 0 Å². The number of imidazole rings is 1. The number of rotatable bonds is 20. The molecule has 0 saturated carbocycles. The second-order valence-corrected chi connectivity index (χ2v) is 9.72. The summed E-state index contributed by atoms with van der Waals surface area (Å²) in [6.45, 7) is 6.76. The fourth-order valence-corrected chi connectivity index (χ4v) is 4.75. The van der Waals surface area contributed by atoms with Gasteiger partial charge in [0.1, 0.15) is 18.9 Å². The van der Waals surface area contributed by atoms with E-state index in [0.29, 0.717) is 0 Å². The molecule has 180 valence electrons. The van der Waals surface area contributed by atoms with Crippen LogP contribution >= 0.6 is 0 Å². The molecule has 0 aliphatic carbocycles. The number of hydrogen-bond donors (Lipinski definition) is 0. The molecule has 0 unspecified atom stereocenters. The topological polar surface area (TPSA) is 8.81 Å². The SMILES string of the molecule is CCCCCCCCCCCCCCCc1n(Cc2ccccc2)cc[n+]1CCCCC. The van der Waals surface area contributed by atoms with Gasteiger partial charge in [-0.15, -0.1) is 0 Å². The van der Waals surface area contributed by atoms with Crippen LogP contribution in [-0.2, 0) is 19.5 Å². The molecular formula is C30H51N2+. The Morgan fingerprint density at radius 3 is 1.75 bits per heavy atom. The molecule has 2 heteroatoms. The molecule has 1 aromatic carbocycles. The van der Waals surface area contributed by atoms with Crippen LogP contribution in [0.2, 0.25) is 0 Å². The third kappa shape index (κ3) is 11.3. The largest absolute Gasteiger partial charge is 0.256 e. The highest BCUT2D eigenvalue weighted by Gasteiger charge is 2.16. The third-order valence-corrected chi connectivity index (χ3v) is 6.79. The van der Waals surface area contributed by atoms with E-state index in [2.05, 4.69) is 65.7 Å². The summed E-state index contributed by atoms with van der Waals surface area (Å²) in [7, 11) is 0. The summed E-state index contributed by atoms with van der Waals surface area (Å²) in [4.78, 5) is 0. The van der Waals surface area contributed by atoms with Crippen molar-refractivity contribution in [2.24, 2.45) is 0 Å². The van der Waals surface area contributed by atoms with E-state index in [9.17, 15) is 0 Å². The second-order valence-electron chi connectivity index (χ2n) is 9.72. The zero-order valence-electron chi connectivity index (χ0n) is 21.4. The first-order valence-electron chi connectivity index (χ1n) is 14.0. The Morgan fingerprint density at radius 1 is 0.625 bits per heavy atom. The molecule has 2 nitrogen and oxygen atoms in total. The minimum Gasteiger partial charge on any atom is -0.234 e. The summed E-state index contributed by atoms with van der Waals surface area (Å²) >= 11 is 0. The molecule has 0 bridgehead atoms. The average molecular weight is 440 g/mol. The van der Waals surface area contributed by atoms with Crippen molar-refractivity contribution < 1.29 is 4.57 Å². The fourth-order valence-electron chi connectivity index (χ4n) is 4.75. The predicted octanol–water partition coefficient (Wildman–Crippen LogP) is 8.65. The Bertz CT molecular complexity index is 673. The number of nitrogens with zero attached hydrogens (tertiary/aromatic N) is 2. The summed E-state index contributed by atoms with van der Waals surface area (Å²) in [5, 5.41) is 0. The lowest BCUT2D eigenvalue weighted by atomic mass is 10.0. The Kier molecular flexibility index (Phi) is 14.9. The van der Waals surface area contributed by atoms with Gasteiger partial charge in [0.15, 0.2) is 0 Å². The van der Waals surface area contributed by atoms with Crippen LogP contribution in [0.1, 0.15) is 128 Å². The highest BCUT2D eigenvalue weighted by atomic mass is 15.1. The monoisotopic (exact) mass is 439 g/mol. The van der Waals surface area contributed by atoms with Crippen molar-refractivity contribution in [2.75, 3.05) is 0 Å². The summed E-state index contributed by atoms with van der Waals surface area (Å²) < 4.78 is 5.01. The van der Waals surface area contributed by atoms with Crippen LogP contribution in [-0.4, -0.2) is 4.57 Å². The highest BCUT2D eigenvalue weighted by Crippen LogP contribution is 2.14. The van der Waals surface area contributed by atoms with E-state index in [-0.39, 0.29) is 0 Å². The Labute approximate surface area is 199 Å². The number of aryl methyl sites for hydroxylation is 1. The summed E-state index contributed by atoms with van der Waals surface area (Å²) in [6.07, 6.45) is 28.2. The lowest BCUT2D eigenvalue weighted by molar-refractivity contribution is -0.704. The number of benzene rings is 1. The number of aromatic nitrogens is 2. The van der Waals surface area contributed by atoms with Gasteiger partial charge in [0, 0.05) is 6.42 Å². The molecule has 0 radical (unpaired) electrons. The van der Waals surface area contributed by atoms with Crippen LogP contribution in [0.25, 0.3) is 0 Å². The van der Waals surface area contributed by atoms with Crippen LogP contribution < -0.4 is 4.57 Å². The van der Waals surface area contributed by atoms with Gasteiger partial charge in [0.2, 0.25) is 0 Å². The van der Waals surface area contributed by atoms with Gasteiger partial charge < -0.3 is 0 Å². The van der Waals surface area contributed by atoms with E-state index in [0.717, 1.165) is 6.54 Å². The van der Waals surface area contributed by atoms with Crippen molar-refractivity contribution in [3.63, 3.8) is 0 Å². The first kappa shape index (κ1) is 26.7. The van der Waals surface area contributed by atoms with Crippen LogP contribution in [0.3, 0.4) is 0 Å². The maximum absolute atomic E-state index is 2.53. The van der Waals surface area contributed by atoms with Gasteiger partial charge in [0.05, 0.1) is 6.54 Å².